The Labute approximate surface area is 148 Å². The van der Waals surface area contributed by atoms with Gasteiger partial charge in [-0.2, -0.15) is 0 Å². The highest BCUT2D eigenvalue weighted by Crippen LogP contribution is 2.36. The van der Waals surface area contributed by atoms with Gasteiger partial charge in [-0.15, -0.1) is 0 Å². The molecule has 2 aromatic rings. The highest BCUT2D eigenvalue weighted by molar-refractivity contribution is 5.90. The van der Waals surface area contributed by atoms with Crippen molar-refractivity contribution in [2.45, 2.75) is 56.7 Å². The summed E-state index contributed by atoms with van der Waals surface area (Å²) in [7, 11) is 0. The van der Waals surface area contributed by atoms with Gasteiger partial charge in [0.15, 0.2) is 0 Å². The Morgan fingerprint density at radius 1 is 1.24 bits per heavy atom. The van der Waals surface area contributed by atoms with E-state index < -0.39 is 0 Å². The number of aromatic nitrogens is 1. The third-order valence-corrected chi connectivity index (χ3v) is 5.81. The molecule has 0 amide bonds. The van der Waals surface area contributed by atoms with Crippen molar-refractivity contribution < 1.29 is 9.53 Å². The summed E-state index contributed by atoms with van der Waals surface area (Å²) in [4.78, 5) is 16.6. The normalized spacial score (nSPS) is 27.0. The zero-order valence-corrected chi connectivity index (χ0v) is 14.6. The fraction of sp³-hybridized carbons (Fsp3) is 0.476. The maximum absolute atomic E-state index is 11.0. The Balaban J connectivity index is 1.47. The van der Waals surface area contributed by atoms with Crippen LogP contribution in [0.5, 0.6) is 0 Å². The maximum atomic E-state index is 11.0. The Hall–Kier alpha value is -2.07. The number of rotatable bonds is 5. The molecule has 3 fully saturated rings. The average Bonchev–Trinajstić information content (AvgIpc) is 3.09. The number of aldehydes is 1. The van der Waals surface area contributed by atoms with Gasteiger partial charge in [0.25, 0.3) is 0 Å². The first-order valence-corrected chi connectivity index (χ1v) is 9.37. The van der Waals surface area contributed by atoms with Gasteiger partial charge in [-0.1, -0.05) is 31.2 Å². The minimum Gasteiger partial charge on any atom is -0.490 e. The number of para-hydroxylation sites is 1. The van der Waals surface area contributed by atoms with Crippen LogP contribution >= 0.6 is 0 Å². The first-order chi connectivity index (χ1) is 12.3. The number of hydrogen-bond donors (Lipinski definition) is 1. The standard InChI is InChI=1S/C21H26N2O2/c1-15(20-14-22-21-9-5-4-8-19(20)21)25-18-7-3-2-6-16-12-17(13-18)23(16)10-11-24/h4-5,8-9,11,14,16-18,22H,1-3,6-7,10,12-13H2/t16?,17?,18-/m0/s1. The smallest absolute Gasteiger partial charge is 0.134 e. The van der Waals surface area contributed by atoms with Crippen LogP contribution in [-0.4, -0.2) is 40.9 Å². The highest BCUT2D eigenvalue weighted by atomic mass is 16.5. The molecule has 2 bridgehead atoms. The summed E-state index contributed by atoms with van der Waals surface area (Å²) in [5.74, 6) is 0.750. The molecule has 132 valence electrons. The third kappa shape index (κ3) is 3.23. The average molecular weight is 338 g/mol. The van der Waals surface area contributed by atoms with Crippen LogP contribution in [0.25, 0.3) is 16.7 Å². The molecule has 1 aromatic carbocycles. The van der Waals surface area contributed by atoms with Crippen LogP contribution in [-0.2, 0) is 9.53 Å². The number of ether oxygens (including phenoxy) is 1. The predicted molar refractivity (Wildman–Crippen MR) is 100 cm³/mol. The second-order valence-corrected chi connectivity index (χ2v) is 7.34. The van der Waals surface area contributed by atoms with Crippen LogP contribution in [0.4, 0.5) is 0 Å². The van der Waals surface area contributed by atoms with Gasteiger partial charge >= 0.3 is 0 Å². The lowest BCUT2D eigenvalue weighted by Crippen LogP contribution is -2.57. The fourth-order valence-electron chi connectivity index (χ4n) is 4.49. The quantitative estimate of drug-likeness (QED) is 0.658. The van der Waals surface area contributed by atoms with E-state index in [0.29, 0.717) is 18.6 Å². The molecule has 4 heteroatoms. The number of aromatic amines is 1. The second kappa shape index (κ2) is 7.04. The Kier molecular flexibility index (Phi) is 4.62. The Morgan fingerprint density at radius 2 is 2.08 bits per heavy atom. The van der Waals surface area contributed by atoms with E-state index in [9.17, 15) is 4.79 Å². The summed E-state index contributed by atoms with van der Waals surface area (Å²) >= 11 is 0. The van der Waals surface area contributed by atoms with Crippen molar-refractivity contribution in [2.75, 3.05) is 6.54 Å². The molecule has 2 unspecified atom stereocenters. The Morgan fingerprint density at radius 3 is 2.96 bits per heavy atom. The van der Waals surface area contributed by atoms with E-state index in [1.54, 1.807) is 0 Å². The minimum atomic E-state index is 0.180. The number of carbonyl (C=O) groups is 1. The van der Waals surface area contributed by atoms with Crippen LogP contribution in [0, 0.1) is 0 Å². The number of nitrogens with zero attached hydrogens (tertiary/aromatic N) is 1. The van der Waals surface area contributed by atoms with Crippen molar-refractivity contribution in [2.24, 2.45) is 0 Å². The van der Waals surface area contributed by atoms with E-state index in [4.69, 9.17) is 4.74 Å². The lowest BCUT2D eigenvalue weighted by atomic mass is 9.87. The zero-order chi connectivity index (χ0) is 17.2. The molecule has 25 heavy (non-hydrogen) atoms. The van der Waals surface area contributed by atoms with Gasteiger partial charge in [0, 0.05) is 34.7 Å². The molecular weight excluding hydrogens is 312 g/mol. The minimum absolute atomic E-state index is 0.180. The number of carbonyl (C=O) groups excluding carboxylic acids is 1. The Bertz CT molecular complexity index is 766. The molecule has 1 aliphatic carbocycles. The lowest BCUT2D eigenvalue weighted by molar-refractivity contribution is -0.113. The number of H-pyrrole nitrogens is 1. The van der Waals surface area contributed by atoms with Crippen molar-refractivity contribution in [3.05, 3.63) is 42.6 Å². The van der Waals surface area contributed by atoms with Gasteiger partial charge in [-0.25, -0.2) is 0 Å². The van der Waals surface area contributed by atoms with Gasteiger partial charge in [0.05, 0.1) is 6.54 Å². The first-order valence-electron chi connectivity index (χ1n) is 9.37. The topological polar surface area (TPSA) is 45.3 Å². The van der Waals surface area contributed by atoms with Crippen molar-refractivity contribution >= 4 is 22.9 Å². The number of benzene rings is 1. The van der Waals surface area contributed by atoms with Gasteiger partial charge in [-0.3, -0.25) is 4.90 Å². The number of hydrogen-bond acceptors (Lipinski definition) is 3. The van der Waals surface area contributed by atoms with Crippen molar-refractivity contribution in [3.8, 4) is 0 Å². The third-order valence-electron chi connectivity index (χ3n) is 5.81. The summed E-state index contributed by atoms with van der Waals surface area (Å²) in [6.45, 7) is 4.76. The maximum Gasteiger partial charge on any atom is 0.134 e. The fourth-order valence-corrected chi connectivity index (χ4v) is 4.49. The molecule has 0 radical (unpaired) electrons. The molecule has 2 saturated heterocycles. The van der Waals surface area contributed by atoms with Gasteiger partial charge in [0.1, 0.15) is 18.1 Å². The summed E-state index contributed by atoms with van der Waals surface area (Å²) in [5, 5.41) is 1.15. The van der Waals surface area contributed by atoms with E-state index in [-0.39, 0.29) is 6.10 Å². The van der Waals surface area contributed by atoms with E-state index in [1.165, 1.54) is 25.7 Å². The molecule has 5 rings (SSSR count). The van der Waals surface area contributed by atoms with Gasteiger partial charge in [0.2, 0.25) is 0 Å². The van der Waals surface area contributed by atoms with Crippen LogP contribution in [0.15, 0.2) is 37.0 Å². The molecule has 4 nitrogen and oxygen atoms in total. The summed E-state index contributed by atoms with van der Waals surface area (Å²) in [5.41, 5.74) is 2.16. The lowest BCUT2D eigenvalue weighted by Gasteiger charge is -2.48. The first kappa shape index (κ1) is 16.4. The number of fused-ring (bicyclic) bond motifs is 6. The van der Waals surface area contributed by atoms with Gasteiger partial charge < -0.3 is 14.5 Å². The summed E-state index contributed by atoms with van der Waals surface area (Å²) in [6.07, 6.45) is 10.1. The molecule has 1 N–H and O–H groups in total. The summed E-state index contributed by atoms with van der Waals surface area (Å²) in [6, 6.07) is 9.32. The molecular formula is C21H26N2O2. The molecule has 1 aromatic heterocycles. The molecule has 1 saturated carbocycles. The zero-order valence-electron chi connectivity index (χ0n) is 14.6. The van der Waals surface area contributed by atoms with E-state index in [0.717, 1.165) is 41.4 Å². The highest BCUT2D eigenvalue weighted by Gasteiger charge is 2.39. The molecule has 3 aliphatic rings. The van der Waals surface area contributed by atoms with Crippen LogP contribution in [0.1, 0.15) is 44.1 Å². The molecule has 3 heterocycles. The largest absolute Gasteiger partial charge is 0.490 e. The van der Waals surface area contributed by atoms with Gasteiger partial charge in [-0.05, 0) is 38.2 Å². The van der Waals surface area contributed by atoms with Crippen molar-refractivity contribution in [1.29, 1.82) is 0 Å². The molecule has 3 atom stereocenters. The van der Waals surface area contributed by atoms with Crippen LogP contribution in [0.3, 0.4) is 0 Å². The van der Waals surface area contributed by atoms with E-state index in [2.05, 4.69) is 28.6 Å². The number of nitrogens with one attached hydrogen (secondary N) is 1. The SMILES string of the molecule is C=C(O[C@H]1CCCCC2CC(C1)N2CC=O)c1c[nH]c2ccccc12. The monoisotopic (exact) mass is 338 g/mol. The van der Waals surface area contributed by atoms with Crippen molar-refractivity contribution in [3.63, 3.8) is 0 Å². The van der Waals surface area contributed by atoms with E-state index >= 15 is 0 Å². The summed E-state index contributed by atoms with van der Waals surface area (Å²) < 4.78 is 6.33. The van der Waals surface area contributed by atoms with Crippen LogP contribution in [0.2, 0.25) is 0 Å². The molecule has 0 spiro atoms. The van der Waals surface area contributed by atoms with E-state index in [1.807, 2.05) is 18.3 Å². The second-order valence-electron chi connectivity index (χ2n) is 7.34. The molecule has 2 aliphatic heterocycles. The van der Waals surface area contributed by atoms with Crippen molar-refractivity contribution in [1.82, 2.24) is 9.88 Å². The predicted octanol–water partition coefficient (Wildman–Crippen LogP) is 4.13. The van der Waals surface area contributed by atoms with Crippen LogP contribution < -0.4 is 0 Å².